The van der Waals surface area contributed by atoms with Crippen molar-refractivity contribution in [3.63, 3.8) is 0 Å². The lowest BCUT2D eigenvalue weighted by atomic mass is 10.1. The van der Waals surface area contributed by atoms with E-state index < -0.39 is 18.0 Å². The zero-order valence-electron chi connectivity index (χ0n) is 15.7. The molecule has 0 heterocycles. The highest BCUT2D eigenvalue weighted by molar-refractivity contribution is 5.96. The Morgan fingerprint density at radius 1 is 1.04 bits per heavy atom. The van der Waals surface area contributed by atoms with E-state index in [4.69, 9.17) is 4.74 Å². The Hall–Kier alpha value is -3.15. The molecule has 0 radical (unpaired) electrons. The predicted octanol–water partition coefficient (Wildman–Crippen LogP) is 2.53. The number of aryl methyl sites for hydroxylation is 2. The van der Waals surface area contributed by atoms with Crippen molar-refractivity contribution in [1.29, 1.82) is 0 Å². The van der Waals surface area contributed by atoms with Gasteiger partial charge in [0.2, 0.25) is 5.91 Å². The number of benzene rings is 2. The molecule has 142 valence electrons. The van der Waals surface area contributed by atoms with Crippen molar-refractivity contribution in [2.75, 3.05) is 11.9 Å². The van der Waals surface area contributed by atoms with E-state index in [1.807, 2.05) is 56.3 Å². The Morgan fingerprint density at radius 2 is 1.74 bits per heavy atom. The number of rotatable bonds is 7. The third-order valence-electron chi connectivity index (χ3n) is 3.95. The van der Waals surface area contributed by atoms with Crippen LogP contribution in [0.5, 0.6) is 0 Å². The monoisotopic (exact) mass is 368 g/mol. The van der Waals surface area contributed by atoms with E-state index in [1.54, 1.807) is 6.07 Å². The quantitative estimate of drug-likeness (QED) is 0.736. The summed E-state index contributed by atoms with van der Waals surface area (Å²) in [6, 6.07) is 14.9. The van der Waals surface area contributed by atoms with E-state index in [0.717, 1.165) is 16.7 Å². The van der Waals surface area contributed by atoms with Crippen LogP contribution in [-0.4, -0.2) is 30.4 Å². The van der Waals surface area contributed by atoms with E-state index in [9.17, 15) is 14.4 Å². The van der Waals surface area contributed by atoms with Crippen LogP contribution in [0.3, 0.4) is 0 Å². The first-order valence-electron chi connectivity index (χ1n) is 8.73. The Morgan fingerprint density at radius 3 is 2.41 bits per heavy atom. The minimum absolute atomic E-state index is 0.177. The van der Waals surface area contributed by atoms with Gasteiger partial charge in [-0.2, -0.15) is 0 Å². The number of nitrogens with one attached hydrogen (secondary N) is 2. The molecule has 6 heteroatoms. The van der Waals surface area contributed by atoms with Gasteiger partial charge in [-0.3, -0.25) is 14.4 Å². The molecule has 2 rings (SSSR count). The van der Waals surface area contributed by atoms with Gasteiger partial charge in [-0.15, -0.1) is 0 Å². The zero-order valence-corrected chi connectivity index (χ0v) is 15.7. The Kier molecular flexibility index (Phi) is 7.11. The number of hydrogen-bond donors (Lipinski definition) is 2. The van der Waals surface area contributed by atoms with Crippen molar-refractivity contribution in [2.45, 2.75) is 33.3 Å². The summed E-state index contributed by atoms with van der Waals surface area (Å²) < 4.78 is 5.08. The molecule has 0 aliphatic carbocycles. The topological polar surface area (TPSA) is 84.5 Å². The Bertz CT molecular complexity index is 818. The number of anilines is 1. The molecule has 0 spiro atoms. The second kappa shape index (κ2) is 9.52. The van der Waals surface area contributed by atoms with Gasteiger partial charge < -0.3 is 15.4 Å². The van der Waals surface area contributed by atoms with Crippen LogP contribution >= 0.6 is 0 Å². The standard InChI is InChI=1S/C21H24N2O4/c1-14-9-10-18(15(2)11-14)23-21(26)16(3)27-20(25)13-22-19(24)12-17-7-5-4-6-8-17/h4-11,16H,12-13H2,1-3H3,(H,22,24)(H,23,26)/t16-/m0/s1. The fourth-order valence-electron chi connectivity index (χ4n) is 2.50. The van der Waals surface area contributed by atoms with Crippen LogP contribution in [-0.2, 0) is 25.5 Å². The largest absolute Gasteiger partial charge is 0.451 e. The fourth-order valence-corrected chi connectivity index (χ4v) is 2.50. The maximum atomic E-state index is 12.2. The maximum absolute atomic E-state index is 12.2. The van der Waals surface area contributed by atoms with Gasteiger partial charge in [0.1, 0.15) is 6.54 Å². The smallest absolute Gasteiger partial charge is 0.326 e. The summed E-state index contributed by atoms with van der Waals surface area (Å²) in [4.78, 5) is 35.9. The van der Waals surface area contributed by atoms with Crippen LogP contribution in [0.15, 0.2) is 48.5 Å². The molecule has 0 unspecified atom stereocenters. The van der Waals surface area contributed by atoms with E-state index in [1.165, 1.54) is 6.92 Å². The van der Waals surface area contributed by atoms with E-state index in [2.05, 4.69) is 10.6 Å². The van der Waals surface area contributed by atoms with Crippen LogP contribution in [0.1, 0.15) is 23.6 Å². The average Bonchev–Trinajstić information content (AvgIpc) is 2.63. The van der Waals surface area contributed by atoms with Gasteiger partial charge >= 0.3 is 5.97 Å². The summed E-state index contributed by atoms with van der Waals surface area (Å²) in [5.74, 6) is -1.38. The van der Waals surface area contributed by atoms with Crippen molar-refractivity contribution < 1.29 is 19.1 Å². The predicted molar refractivity (Wildman–Crippen MR) is 103 cm³/mol. The maximum Gasteiger partial charge on any atom is 0.326 e. The first-order chi connectivity index (χ1) is 12.8. The van der Waals surface area contributed by atoms with Crippen molar-refractivity contribution in [1.82, 2.24) is 5.32 Å². The number of amides is 2. The molecule has 0 saturated carbocycles. The minimum Gasteiger partial charge on any atom is -0.451 e. The third kappa shape index (κ3) is 6.58. The molecule has 0 bridgehead atoms. The normalized spacial score (nSPS) is 11.4. The van der Waals surface area contributed by atoms with E-state index in [-0.39, 0.29) is 18.9 Å². The van der Waals surface area contributed by atoms with E-state index >= 15 is 0 Å². The summed E-state index contributed by atoms with van der Waals surface area (Å²) in [5, 5.41) is 5.23. The average molecular weight is 368 g/mol. The number of carbonyl (C=O) groups is 3. The zero-order chi connectivity index (χ0) is 19.8. The third-order valence-corrected chi connectivity index (χ3v) is 3.95. The van der Waals surface area contributed by atoms with Gasteiger partial charge in [0.25, 0.3) is 5.91 Å². The highest BCUT2D eigenvalue weighted by Gasteiger charge is 2.19. The SMILES string of the molecule is Cc1ccc(NC(=O)[C@H](C)OC(=O)CNC(=O)Cc2ccccc2)c(C)c1. The van der Waals surface area contributed by atoms with Gasteiger partial charge in [0.05, 0.1) is 6.42 Å². The van der Waals surface area contributed by atoms with Gasteiger partial charge in [-0.25, -0.2) is 0 Å². The molecular formula is C21H24N2O4. The molecule has 0 aliphatic rings. The second-order valence-electron chi connectivity index (χ2n) is 6.38. The molecule has 6 nitrogen and oxygen atoms in total. The highest BCUT2D eigenvalue weighted by Crippen LogP contribution is 2.16. The van der Waals surface area contributed by atoms with Gasteiger partial charge in [0, 0.05) is 5.69 Å². The van der Waals surface area contributed by atoms with Crippen LogP contribution < -0.4 is 10.6 Å². The molecule has 0 aliphatic heterocycles. The van der Waals surface area contributed by atoms with Gasteiger partial charge in [-0.05, 0) is 38.0 Å². The van der Waals surface area contributed by atoms with Crippen molar-refractivity contribution in [3.8, 4) is 0 Å². The summed E-state index contributed by atoms with van der Waals surface area (Å²) in [5.41, 5.74) is 3.54. The van der Waals surface area contributed by atoms with Crippen LogP contribution in [0.2, 0.25) is 0 Å². The first-order valence-corrected chi connectivity index (χ1v) is 8.73. The molecule has 2 aromatic rings. The fraction of sp³-hybridized carbons (Fsp3) is 0.286. The molecular weight excluding hydrogens is 344 g/mol. The lowest BCUT2D eigenvalue weighted by molar-refractivity contribution is -0.152. The number of esters is 1. The molecule has 27 heavy (non-hydrogen) atoms. The van der Waals surface area contributed by atoms with Crippen molar-refractivity contribution in [3.05, 3.63) is 65.2 Å². The Labute approximate surface area is 158 Å². The second-order valence-corrected chi connectivity index (χ2v) is 6.38. The van der Waals surface area contributed by atoms with E-state index in [0.29, 0.717) is 5.69 Å². The molecule has 2 aromatic carbocycles. The first kappa shape index (κ1) is 20.2. The molecule has 1 atom stereocenters. The summed E-state index contributed by atoms with van der Waals surface area (Å²) in [6.45, 7) is 5.06. The molecule has 2 amide bonds. The van der Waals surface area contributed by atoms with Gasteiger partial charge in [0.15, 0.2) is 6.10 Å². The Balaban J connectivity index is 1.77. The van der Waals surface area contributed by atoms with Crippen molar-refractivity contribution in [2.24, 2.45) is 0 Å². The van der Waals surface area contributed by atoms with Crippen LogP contribution in [0.25, 0.3) is 0 Å². The lowest BCUT2D eigenvalue weighted by Gasteiger charge is -2.15. The van der Waals surface area contributed by atoms with Gasteiger partial charge in [-0.1, -0.05) is 48.0 Å². The summed E-state index contributed by atoms with van der Waals surface area (Å²) in [7, 11) is 0. The van der Waals surface area contributed by atoms with Crippen LogP contribution in [0.4, 0.5) is 5.69 Å². The number of hydrogen-bond acceptors (Lipinski definition) is 4. The molecule has 0 aromatic heterocycles. The molecule has 0 fully saturated rings. The minimum atomic E-state index is -0.968. The number of ether oxygens (including phenoxy) is 1. The molecule has 0 saturated heterocycles. The highest BCUT2D eigenvalue weighted by atomic mass is 16.5. The van der Waals surface area contributed by atoms with Crippen molar-refractivity contribution >= 4 is 23.5 Å². The number of carbonyl (C=O) groups excluding carboxylic acids is 3. The lowest BCUT2D eigenvalue weighted by Crippen LogP contribution is -2.36. The molecule has 2 N–H and O–H groups in total. The summed E-state index contributed by atoms with van der Waals surface area (Å²) >= 11 is 0. The van der Waals surface area contributed by atoms with Crippen LogP contribution in [0, 0.1) is 13.8 Å². The summed E-state index contributed by atoms with van der Waals surface area (Å²) in [6.07, 6.45) is -0.791.